The minimum atomic E-state index is -0.0732. The Hall–Kier alpha value is -2.18. The molecule has 0 saturated carbocycles. The van der Waals surface area contributed by atoms with E-state index < -0.39 is 0 Å². The molecule has 1 unspecified atom stereocenters. The standard InChI is InChI=1S/C17H23N5O2/c1-12-10-14(24-20-12)17(23)21-8-5-6-13(11-21)16-19-18-15-7-3-2-4-9-22(15)16/h10,13H,2-9,11H2,1H3. The number of fused-ring (bicyclic) bond motifs is 1. The Labute approximate surface area is 141 Å². The third-order valence-electron chi connectivity index (χ3n) is 5.05. The molecule has 0 bridgehead atoms. The molecule has 0 N–H and O–H groups in total. The Bertz CT molecular complexity index is 735. The summed E-state index contributed by atoms with van der Waals surface area (Å²) in [6.07, 6.45) is 6.68. The molecule has 0 aliphatic carbocycles. The van der Waals surface area contributed by atoms with Gasteiger partial charge in [-0.2, -0.15) is 0 Å². The van der Waals surface area contributed by atoms with Crippen molar-refractivity contribution in [3.05, 3.63) is 29.2 Å². The molecule has 1 amide bonds. The zero-order valence-electron chi connectivity index (χ0n) is 14.1. The Morgan fingerprint density at radius 2 is 2.12 bits per heavy atom. The van der Waals surface area contributed by atoms with Gasteiger partial charge in [-0.05, 0) is 32.6 Å². The molecule has 4 heterocycles. The van der Waals surface area contributed by atoms with Crippen LogP contribution < -0.4 is 0 Å². The van der Waals surface area contributed by atoms with E-state index in [1.807, 2.05) is 11.8 Å². The van der Waals surface area contributed by atoms with Crippen molar-refractivity contribution < 1.29 is 9.32 Å². The average molecular weight is 329 g/mol. The summed E-state index contributed by atoms with van der Waals surface area (Å²) in [6.45, 7) is 4.26. The smallest absolute Gasteiger partial charge is 0.292 e. The van der Waals surface area contributed by atoms with E-state index in [4.69, 9.17) is 4.52 Å². The lowest BCUT2D eigenvalue weighted by atomic mass is 9.96. The van der Waals surface area contributed by atoms with Gasteiger partial charge in [0.25, 0.3) is 5.91 Å². The van der Waals surface area contributed by atoms with Crippen molar-refractivity contribution in [3.8, 4) is 0 Å². The van der Waals surface area contributed by atoms with Gasteiger partial charge in [0.05, 0.1) is 5.69 Å². The third-order valence-corrected chi connectivity index (χ3v) is 5.05. The van der Waals surface area contributed by atoms with E-state index in [9.17, 15) is 4.79 Å². The van der Waals surface area contributed by atoms with Crippen molar-refractivity contribution >= 4 is 5.91 Å². The van der Waals surface area contributed by atoms with E-state index in [1.54, 1.807) is 6.07 Å². The molecule has 7 heteroatoms. The topological polar surface area (TPSA) is 77.0 Å². The lowest BCUT2D eigenvalue weighted by molar-refractivity contribution is 0.0661. The highest BCUT2D eigenvalue weighted by molar-refractivity contribution is 5.91. The highest BCUT2D eigenvalue weighted by atomic mass is 16.5. The number of aryl methyl sites for hydroxylation is 2. The van der Waals surface area contributed by atoms with Crippen LogP contribution in [0.5, 0.6) is 0 Å². The second-order valence-corrected chi connectivity index (χ2v) is 6.86. The maximum atomic E-state index is 12.6. The molecule has 2 aromatic heterocycles. The first-order valence-corrected chi connectivity index (χ1v) is 8.87. The fourth-order valence-electron chi connectivity index (χ4n) is 3.80. The van der Waals surface area contributed by atoms with Gasteiger partial charge in [-0.3, -0.25) is 4.79 Å². The largest absolute Gasteiger partial charge is 0.351 e. The van der Waals surface area contributed by atoms with Crippen LogP contribution in [0.25, 0.3) is 0 Å². The Morgan fingerprint density at radius 3 is 2.96 bits per heavy atom. The van der Waals surface area contributed by atoms with Gasteiger partial charge in [0, 0.05) is 38.0 Å². The van der Waals surface area contributed by atoms with Crippen molar-refractivity contribution in [1.29, 1.82) is 0 Å². The maximum Gasteiger partial charge on any atom is 0.292 e. The number of hydrogen-bond donors (Lipinski definition) is 0. The third kappa shape index (κ3) is 2.83. The fourth-order valence-corrected chi connectivity index (χ4v) is 3.80. The van der Waals surface area contributed by atoms with Gasteiger partial charge >= 0.3 is 0 Å². The summed E-state index contributed by atoms with van der Waals surface area (Å²) < 4.78 is 7.43. The van der Waals surface area contributed by atoms with Gasteiger partial charge in [0.15, 0.2) is 0 Å². The van der Waals surface area contributed by atoms with Crippen LogP contribution in [0.2, 0.25) is 0 Å². The molecular formula is C17H23N5O2. The number of nitrogens with zero attached hydrogens (tertiary/aromatic N) is 5. The van der Waals surface area contributed by atoms with Crippen molar-refractivity contribution in [1.82, 2.24) is 24.8 Å². The van der Waals surface area contributed by atoms with Crippen LogP contribution >= 0.6 is 0 Å². The highest BCUT2D eigenvalue weighted by Gasteiger charge is 2.31. The molecule has 1 saturated heterocycles. The lowest BCUT2D eigenvalue weighted by Gasteiger charge is -2.31. The van der Waals surface area contributed by atoms with Crippen LogP contribution in [0.1, 0.15) is 65.9 Å². The maximum absolute atomic E-state index is 12.6. The van der Waals surface area contributed by atoms with Gasteiger partial charge < -0.3 is 14.0 Å². The number of likely N-dealkylation sites (tertiary alicyclic amines) is 1. The summed E-state index contributed by atoms with van der Waals surface area (Å²) in [4.78, 5) is 14.5. The molecule has 0 radical (unpaired) electrons. The second kappa shape index (κ2) is 6.37. The van der Waals surface area contributed by atoms with Gasteiger partial charge in [-0.1, -0.05) is 11.6 Å². The number of hydrogen-bond acceptors (Lipinski definition) is 5. The summed E-state index contributed by atoms with van der Waals surface area (Å²) in [5.74, 6) is 2.67. The zero-order chi connectivity index (χ0) is 16.5. The van der Waals surface area contributed by atoms with Gasteiger partial charge in [-0.25, -0.2) is 0 Å². The predicted molar refractivity (Wildman–Crippen MR) is 86.7 cm³/mol. The molecule has 2 aliphatic heterocycles. The summed E-state index contributed by atoms with van der Waals surface area (Å²) in [5.41, 5.74) is 0.731. The Morgan fingerprint density at radius 1 is 1.21 bits per heavy atom. The molecule has 0 aromatic carbocycles. The Kier molecular flexibility index (Phi) is 4.08. The van der Waals surface area contributed by atoms with E-state index >= 15 is 0 Å². The SMILES string of the molecule is Cc1cc(C(=O)N2CCCC(c3nnc4n3CCCCC4)C2)on1. The summed E-state index contributed by atoms with van der Waals surface area (Å²) >= 11 is 0. The number of carbonyl (C=O) groups is 1. The van der Waals surface area contributed by atoms with Crippen LogP contribution in [-0.2, 0) is 13.0 Å². The fraction of sp³-hybridized carbons (Fsp3) is 0.647. The number of piperidine rings is 1. The van der Waals surface area contributed by atoms with Crippen LogP contribution in [0.4, 0.5) is 0 Å². The second-order valence-electron chi connectivity index (χ2n) is 6.86. The van der Waals surface area contributed by atoms with Gasteiger partial charge in [0.2, 0.25) is 5.76 Å². The van der Waals surface area contributed by atoms with E-state index in [0.717, 1.165) is 49.7 Å². The van der Waals surface area contributed by atoms with Gasteiger partial charge in [-0.15, -0.1) is 10.2 Å². The molecule has 128 valence electrons. The van der Waals surface area contributed by atoms with Crippen molar-refractivity contribution in [2.45, 2.75) is 57.9 Å². The predicted octanol–water partition coefficient (Wildman–Crippen LogP) is 2.32. The van der Waals surface area contributed by atoms with E-state index in [2.05, 4.69) is 19.9 Å². The number of rotatable bonds is 2. The van der Waals surface area contributed by atoms with E-state index in [1.165, 1.54) is 19.3 Å². The van der Waals surface area contributed by atoms with Crippen molar-refractivity contribution in [2.75, 3.05) is 13.1 Å². The summed E-state index contributed by atoms with van der Waals surface area (Å²) in [6, 6.07) is 1.70. The average Bonchev–Trinajstić information content (AvgIpc) is 3.14. The summed E-state index contributed by atoms with van der Waals surface area (Å²) in [7, 11) is 0. The first-order chi connectivity index (χ1) is 11.7. The van der Waals surface area contributed by atoms with E-state index in [-0.39, 0.29) is 11.8 Å². The van der Waals surface area contributed by atoms with Crippen molar-refractivity contribution in [3.63, 3.8) is 0 Å². The minimum absolute atomic E-state index is 0.0732. The highest BCUT2D eigenvalue weighted by Crippen LogP contribution is 2.28. The monoisotopic (exact) mass is 329 g/mol. The quantitative estimate of drug-likeness (QED) is 0.845. The van der Waals surface area contributed by atoms with Crippen LogP contribution in [0.15, 0.2) is 10.6 Å². The molecule has 7 nitrogen and oxygen atoms in total. The van der Waals surface area contributed by atoms with E-state index in [0.29, 0.717) is 12.3 Å². The van der Waals surface area contributed by atoms with Crippen LogP contribution in [-0.4, -0.2) is 43.8 Å². The molecule has 1 atom stereocenters. The molecule has 4 rings (SSSR count). The minimum Gasteiger partial charge on any atom is -0.351 e. The summed E-state index contributed by atoms with van der Waals surface area (Å²) in [5, 5.41) is 12.7. The number of aromatic nitrogens is 4. The first-order valence-electron chi connectivity index (χ1n) is 8.87. The van der Waals surface area contributed by atoms with Gasteiger partial charge in [0.1, 0.15) is 11.6 Å². The molecule has 24 heavy (non-hydrogen) atoms. The molecule has 1 fully saturated rings. The molecule has 2 aromatic rings. The molecule has 2 aliphatic rings. The molecule has 0 spiro atoms. The molecular weight excluding hydrogens is 306 g/mol. The normalized spacial score (nSPS) is 21.4. The van der Waals surface area contributed by atoms with Crippen molar-refractivity contribution in [2.24, 2.45) is 0 Å². The number of carbonyl (C=O) groups excluding carboxylic acids is 1. The Balaban J connectivity index is 1.53. The first kappa shape index (κ1) is 15.4. The van der Waals surface area contributed by atoms with Crippen LogP contribution in [0.3, 0.4) is 0 Å². The number of amides is 1. The lowest BCUT2D eigenvalue weighted by Crippen LogP contribution is -2.39. The van der Waals surface area contributed by atoms with Crippen LogP contribution in [0, 0.1) is 6.92 Å². The zero-order valence-corrected chi connectivity index (χ0v) is 14.1.